The molecule has 3 aliphatic heterocycles. The second-order valence-electron chi connectivity index (χ2n) is 10.8. The number of aromatic nitrogens is 2. The maximum Gasteiger partial charge on any atom is 0.319 e. The zero-order chi connectivity index (χ0) is 28.2. The average Bonchev–Trinajstić information content (AvgIpc) is 3.03. The number of fused-ring (bicyclic) bond motifs is 2. The Morgan fingerprint density at radius 1 is 1.00 bits per heavy atom. The number of hydrogen-bond donors (Lipinski definition) is 1. The lowest BCUT2D eigenvalue weighted by molar-refractivity contribution is -0.126. The largest absolute Gasteiger partial charge is 0.456 e. The third-order valence-corrected chi connectivity index (χ3v) is 8.24. The van der Waals surface area contributed by atoms with Crippen molar-refractivity contribution in [2.24, 2.45) is 0 Å². The number of carbonyl (C=O) groups excluding carboxylic acids is 1. The quantitative estimate of drug-likeness (QED) is 0.417. The lowest BCUT2D eigenvalue weighted by Crippen LogP contribution is -2.49. The highest BCUT2D eigenvalue weighted by molar-refractivity contribution is 5.94. The number of benzene rings is 2. The maximum absolute atomic E-state index is 12.2. The Kier molecular flexibility index (Phi) is 8.31. The number of aliphatic hydroxyl groups excluding tert-OH is 1. The van der Waals surface area contributed by atoms with Crippen LogP contribution in [0.3, 0.4) is 0 Å². The van der Waals surface area contributed by atoms with E-state index in [1.807, 2.05) is 4.90 Å². The van der Waals surface area contributed by atoms with E-state index in [4.69, 9.17) is 19.4 Å². The normalized spacial score (nSPS) is 18.7. The van der Waals surface area contributed by atoms with Crippen molar-refractivity contribution in [3.63, 3.8) is 0 Å². The summed E-state index contributed by atoms with van der Waals surface area (Å²) in [5.41, 5.74) is 3.26. The molecule has 0 bridgehead atoms. The Bertz CT molecular complexity index is 1380. The molecule has 3 aliphatic rings. The van der Waals surface area contributed by atoms with Gasteiger partial charge in [0, 0.05) is 69.0 Å². The van der Waals surface area contributed by atoms with Crippen LogP contribution in [-0.2, 0) is 22.5 Å². The van der Waals surface area contributed by atoms with Gasteiger partial charge in [-0.15, -0.1) is 0 Å². The van der Waals surface area contributed by atoms with Crippen LogP contribution in [-0.4, -0.2) is 109 Å². The van der Waals surface area contributed by atoms with Crippen LogP contribution < -0.4 is 14.5 Å². The third kappa shape index (κ3) is 6.00. The topological polar surface area (TPSA) is 94.5 Å². The fourth-order valence-electron chi connectivity index (χ4n) is 6.01. The van der Waals surface area contributed by atoms with Crippen molar-refractivity contribution < 1.29 is 19.4 Å². The van der Waals surface area contributed by atoms with Crippen LogP contribution in [0.15, 0.2) is 55.1 Å². The molecule has 1 atom stereocenters. The lowest BCUT2D eigenvalue weighted by Gasteiger charge is -2.38. The number of piperazine rings is 1. The Labute approximate surface area is 240 Å². The SMILES string of the molecule is C=CC(=O)N1CCN(c2nc(OC(CO)CN3CCOCC3)nc3c2CCN(c2cccc4ccccc24)C3)CC1. The van der Waals surface area contributed by atoms with E-state index in [0.717, 1.165) is 43.1 Å². The number of hydrogen-bond acceptors (Lipinski definition) is 9. The van der Waals surface area contributed by atoms with E-state index in [-0.39, 0.29) is 18.5 Å². The van der Waals surface area contributed by atoms with Gasteiger partial charge in [0.15, 0.2) is 0 Å². The van der Waals surface area contributed by atoms with Crippen molar-refractivity contribution in [2.45, 2.75) is 19.1 Å². The van der Waals surface area contributed by atoms with Gasteiger partial charge in [0.05, 0.1) is 32.1 Å². The second kappa shape index (κ2) is 12.4. The van der Waals surface area contributed by atoms with Crippen molar-refractivity contribution in [2.75, 3.05) is 82.0 Å². The summed E-state index contributed by atoms with van der Waals surface area (Å²) < 4.78 is 11.7. The smallest absolute Gasteiger partial charge is 0.319 e. The van der Waals surface area contributed by atoms with Crippen molar-refractivity contribution in [3.05, 3.63) is 66.4 Å². The van der Waals surface area contributed by atoms with Crippen LogP contribution in [0.4, 0.5) is 11.5 Å². The molecule has 0 saturated carbocycles. The first-order chi connectivity index (χ1) is 20.1. The van der Waals surface area contributed by atoms with Gasteiger partial charge in [-0.3, -0.25) is 9.69 Å². The highest BCUT2D eigenvalue weighted by atomic mass is 16.5. The van der Waals surface area contributed by atoms with Crippen LogP contribution in [0, 0.1) is 0 Å². The summed E-state index contributed by atoms with van der Waals surface area (Å²) in [4.78, 5) is 30.7. The van der Waals surface area contributed by atoms with Gasteiger partial charge in [0.2, 0.25) is 5.91 Å². The zero-order valence-corrected chi connectivity index (χ0v) is 23.5. The number of aliphatic hydroxyl groups is 1. The summed E-state index contributed by atoms with van der Waals surface area (Å²) in [6.07, 6.45) is 1.73. The van der Waals surface area contributed by atoms with E-state index in [9.17, 15) is 9.90 Å². The van der Waals surface area contributed by atoms with Crippen LogP contribution in [0.5, 0.6) is 6.01 Å². The van der Waals surface area contributed by atoms with Crippen molar-refractivity contribution in [1.29, 1.82) is 0 Å². The molecule has 1 N–H and O–H groups in total. The van der Waals surface area contributed by atoms with Gasteiger partial charge in [-0.2, -0.15) is 9.97 Å². The first kappa shape index (κ1) is 27.4. The Hall–Kier alpha value is -3.73. The molecule has 10 heteroatoms. The van der Waals surface area contributed by atoms with E-state index in [1.165, 1.54) is 22.5 Å². The highest BCUT2D eigenvalue weighted by Gasteiger charge is 2.29. The van der Waals surface area contributed by atoms with Gasteiger partial charge in [0.25, 0.3) is 0 Å². The highest BCUT2D eigenvalue weighted by Crippen LogP contribution is 2.34. The summed E-state index contributed by atoms with van der Waals surface area (Å²) in [7, 11) is 0. The summed E-state index contributed by atoms with van der Waals surface area (Å²) >= 11 is 0. The molecule has 2 saturated heterocycles. The predicted molar refractivity (Wildman–Crippen MR) is 158 cm³/mol. The van der Waals surface area contributed by atoms with Crippen LogP contribution in [0.2, 0.25) is 0 Å². The molecule has 216 valence electrons. The third-order valence-electron chi connectivity index (χ3n) is 8.24. The van der Waals surface area contributed by atoms with Gasteiger partial charge in [-0.05, 0) is 23.9 Å². The predicted octanol–water partition coefficient (Wildman–Crippen LogP) is 2.10. The molecule has 0 radical (unpaired) electrons. The molecule has 4 heterocycles. The summed E-state index contributed by atoms with van der Waals surface area (Å²) in [5.74, 6) is 0.828. The molecule has 1 aromatic heterocycles. The van der Waals surface area contributed by atoms with Crippen LogP contribution in [0.25, 0.3) is 10.8 Å². The summed E-state index contributed by atoms with van der Waals surface area (Å²) in [6, 6.07) is 15.2. The molecule has 6 rings (SSSR count). The van der Waals surface area contributed by atoms with Gasteiger partial charge in [0.1, 0.15) is 11.9 Å². The van der Waals surface area contributed by atoms with E-state index in [1.54, 1.807) is 0 Å². The Balaban J connectivity index is 1.29. The molecule has 0 spiro atoms. The van der Waals surface area contributed by atoms with E-state index in [2.05, 4.69) is 63.7 Å². The number of nitrogens with zero attached hydrogens (tertiary/aromatic N) is 6. The Morgan fingerprint density at radius 3 is 2.56 bits per heavy atom. The molecular formula is C31H38N6O4. The number of rotatable bonds is 8. The van der Waals surface area contributed by atoms with Crippen LogP contribution in [0.1, 0.15) is 11.3 Å². The maximum atomic E-state index is 12.2. The minimum Gasteiger partial charge on any atom is -0.456 e. The standard InChI is InChI=1S/C31H38N6O4/c1-2-29(39)35-12-14-36(15-13-35)30-26-10-11-37(28-9-5-7-23-6-3-4-8-25(23)28)21-27(26)32-31(33-30)41-24(22-38)20-34-16-18-40-19-17-34/h2-9,24,38H,1,10-22H2. The Morgan fingerprint density at radius 2 is 1.78 bits per heavy atom. The van der Waals surface area contributed by atoms with Gasteiger partial charge in [-0.1, -0.05) is 43.0 Å². The average molecular weight is 559 g/mol. The fourth-order valence-corrected chi connectivity index (χ4v) is 6.01. The first-order valence-electron chi connectivity index (χ1n) is 14.5. The molecule has 0 aliphatic carbocycles. The van der Waals surface area contributed by atoms with E-state index >= 15 is 0 Å². The molecule has 1 amide bonds. The van der Waals surface area contributed by atoms with Gasteiger partial charge >= 0.3 is 6.01 Å². The molecule has 3 aromatic rings. The monoisotopic (exact) mass is 558 g/mol. The van der Waals surface area contributed by atoms with Crippen molar-refractivity contribution >= 4 is 28.2 Å². The van der Waals surface area contributed by atoms with E-state index in [0.29, 0.717) is 52.5 Å². The number of carbonyl (C=O) groups is 1. The van der Waals surface area contributed by atoms with Gasteiger partial charge in [-0.25, -0.2) is 0 Å². The molecule has 1 unspecified atom stereocenters. The van der Waals surface area contributed by atoms with E-state index < -0.39 is 6.10 Å². The second-order valence-corrected chi connectivity index (χ2v) is 10.8. The summed E-state index contributed by atoms with van der Waals surface area (Å²) in [6.45, 7) is 11.1. The first-order valence-corrected chi connectivity index (χ1v) is 14.5. The number of amides is 1. The molecule has 10 nitrogen and oxygen atoms in total. The summed E-state index contributed by atoms with van der Waals surface area (Å²) in [5, 5.41) is 12.6. The molecular weight excluding hydrogens is 520 g/mol. The van der Waals surface area contributed by atoms with Crippen molar-refractivity contribution in [1.82, 2.24) is 19.8 Å². The zero-order valence-electron chi connectivity index (χ0n) is 23.5. The van der Waals surface area contributed by atoms with Crippen molar-refractivity contribution in [3.8, 4) is 6.01 Å². The lowest BCUT2D eigenvalue weighted by atomic mass is 10.0. The number of anilines is 2. The molecule has 41 heavy (non-hydrogen) atoms. The van der Waals surface area contributed by atoms with Crippen LogP contribution >= 0.6 is 0 Å². The minimum atomic E-state index is -0.446. The minimum absolute atomic E-state index is 0.0435. The number of ether oxygens (including phenoxy) is 2. The number of morpholine rings is 1. The fraction of sp³-hybridized carbons (Fsp3) is 0.452. The molecule has 2 fully saturated rings. The van der Waals surface area contributed by atoms with Gasteiger partial charge < -0.3 is 29.3 Å². The molecule has 2 aromatic carbocycles.